The maximum absolute atomic E-state index is 9.00. The molecule has 0 unspecified atom stereocenters. The van der Waals surface area contributed by atoms with Gasteiger partial charge in [-0.2, -0.15) is 0 Å². The summed E-state index contributed by atoms with van der Waals surface area (Å²) < 4.78 is 0. The molecule has 0 saturated heterocycles. The summed E-state index contributed by atoms with van der Waals surface area (Å²) in [6, 6.07) is 0.562. The molecule has 0 heterocycles. The van der Waals surface area contributed by atoms with Crippen LogP contribution in [-0.2, 0) is 26.1 Å². The molecule has 0 aliphatic heterocycles. The molecule has 0 aromatic rings. The quantitative estimate of drug-likeness (QED) is 0.402. The molecule has 0 aromatic carbocycles. The Labute approximate surface area is 130 Å². The van der Waals surface area contributed by atoms with Crippen molar-refractivity contribution in [1.29, 1.82) is 0 Å². The van der Waals surface area contributed by atoms with E-state index in [4.69, 9.17) is 50.1 Å². The van der Waals surface area contributed by atoms with E-state index in [2.05, 4.69) is 0 Å². The number of carboxylic acid groups (broad SMARTS) is 2. The molecule has 0 aromatic heterocycles. The van der Waals surface area contributed by atoms with Crippen molar-refractivity contribution in [3.05, 3.63) is 0 Å². The van der Waals surface area contributed by atoms with Gasteiger partial charge in [0.2, 0.25) is 0 Å². The summed E-state index contributed by atoms with van der Waals surface area (Å²) in [6.45, 7) is 2.17. The fraction of sp³-hybridized carbons (Fsp3) is 0.800. The molecule has 1 aliphatic rings. The van der Waals surface area contributed by atoms with Crippen molar-refractivity contribution in [3.8, 4) is 0 Å². The third-order valence-corrected chi connectivity index (χ3v) is 1.87. The van der Waals surface area contributed by atoms with Gasteiger partial charge in [0.25, 0.3) is 11.9 Å². The average molecular weight is 500 g/mol. The Kier molecular flexibility index (Phi) is 23.1. The van der Waals surface area contributed by atoms with E-state index in [1.54, 1.807) is 0 Å². The predicted molar refractivity (Wildman–Crippen MR) is 72.7 cm³/mol. The molecule has 1 aliphatic carbocycles. The number of carbonyl (C=O) groups is 2. The number of hydrogen-bond acceptors (Lipinski definition) is 4. The number of hydrogen-bond donors (Lipinski definition) is 4. The van der Waals surface area contributed by atoms with E-state index >= 15 is 0 Å². The van der Waals surface area contributed by atoms with Crippen molar-refractivity contribution < 1.29 is 36.3 Å². The molecule has 0 spiro atoms. The van der Waals surface area contributed by atoms with Crippen LogP contribution < -0.4 is 11.5 Å². The van der Waals surface area contributed by atoms with E-state index in [0.29, 0.717) is 0 Å². The number of aliphatic carboxylic acids is 2. The SMILES string of the molecule is CC(=O)O.CC(=O)O.N[C@@H]1CCCC[C@H]1N.[Cl][Pt][Cl]. The zero-order valence-electron chi connectivity index (χ0n) is 10.9. The van der Waals surface area contributed by atoms with Crippen molar-refractivity contribution in [3.63, 3.8) is 0 Å². The Morgan fingerprint density at radius 1 is 1.00 bits per heavy atom. The molecule has 0 radical (unpaired) electrons. The number of carboxylic acids is 2. The molecule has 0 bridgehead atoms. The van der Waals surface area contributed by atoms with E-state index in [0.717, 1.165) is 26.7 Å². The van der Waals surface area contributed by atoms with Crippen molar-refractivity contribution in [2.24, 2.45) is 11.5 Å². The Morgan fingerprint density at radius 2 is 1.16 bits per heavy atom. The van der Waals surface area contributed by atoms with E-state index in [-0.39, 0.29) is 12.1 Å². The molecule has 0 amide bonds. The van der Waals surface area contributed by atoms with Crippen LogP contribution in [0.3, 0.4) is 0 Å². The van der Waals surface area contributed by atoms with Gasteiger partial charge in [-0.1, -0.05) is 12.8 Å². The summed E-state index contributed by atoms with van der Waals surface area (Å²) in [7, 11) is 9.75. The van der Waals surface area contributed by atoms with Gasteiger partial charge in [0.1, 0.15) is 0 Å². The standard InChI is InChI=1S/C6H14N2.2C2H4O2.2ClH.Pt/c7-5-3-1-2-4-6(5)8;2*1-2(3)4;;;/h5-6H,1-4,7-8H2;2*1H3,(H,3,4);2*1H;/q;;;;;+2/p-2/t5-,6-;;;;;/m1...../s1. The molecule has 6 N–H and O–H groups in total. The van der Waals surface area contributed by atoms with Gasteiger partial charge in [-0.25, -0.2) is 0 Å². The molecule has 1 saturated carbocycles. The zero-order chi connectivity index (χ0) is 15.8. The summed E-state index contributed by atoms with van der Waals surface area (Å²) in [4.78, 5) is 18.0. The Bertz CT molecular complexity index is 206. The molecule has 120 valence electrons. The number of nitrogens with two attached hydrogens (primary N) is 2. The van der Waals surface area contributed by atoms with Gasteiger partial charge in [-0.3, -0.25) is 9.59 Å². The van der Waals surface area contributed by atoms with E-state index in [9.17, 15) is 0 Å². The van der Waals surface area contributed by atoms with Crippen LogP contribution in [0.15, 0.2) is 0 Å². The van der Waals surface area contributed by atoms with Crippen LogP contribution in [0, 0.1) is 0 Å². The predicted octanol–water partition coefficient (Wildman–Crippen LogP) is 1.77. The Morgan fingerprint density at radius 3 is 1.26 bits per heavy atom. The summed E-state index contributed by atoms with van der Waals surface area (Å²) in [5, 5.41) is 14.8. The van der Waals surface area contributed by atoms with Crippen LogP contribution >= 0.6 is 18.8 Å². The second-order valence-corrected chi connectivity index (χ2v) is 6.98. The summed E-state index contributed by atoms with van der Waals surface area (Å²) in [5.74, 6) is -1.67. The summed E-state index contributed by atoms with van der Waals surface area (Å²) in [5.41, 5.74) is 11.3. The Balaban J connectivity index is -0.000000200. The van der Waals surface area contributed by atoms with E-state index in [1.807, 2.05) is 0 Å². The monoisotopic (exact) mass is 499 g/mol. The second kappa shape index (κ2) is 18.1. The molecule has 1 rings (SSSR count). The van der Waals surface area contributed by atoms with Crippen molar-refractivity contribution >= 4 is 30.8 Å². The van der Waals surface area contributed by atoms with Crippen LogP contribution in [0.25, 0.3) is 0 Å². The van der Waals surface area contributed by atoms with Crippen LogP contribution in [0.2, 0.25) is 0 Å². The van der Waals surface area contributed by atoms with Gasteiger partial charge in [0.05, 0.1) is 0 Å². The molecular weight excluding hydrogens is 478 g/mol. The number of halogens is 2. The first kappa shape index (κ1) is 24.2. The van der Waals surface area contributed by atoms with Crippen LogP contribution in [-0.4, -0.2) is 34.2 Å². The van der Waals surface area contributed by atoms with Gasteiger partial charge in [0, 0.05) is 25.9 Å². The Hall–Kier alpha value is 0.128. The summed E-state index contributed by atoms with van der Waals surface area (Å²) in [6.07, 6.45) is 4.80. The first-order chi connectivity index (χ1) is 8.68. The van der Waals surface area contributed by atoms with E-state index in [1.165, 1.54) is 12.8 Å². The minimum absolute atomic E-state index is 0.281. The van der Waals surface area contributed by atoms with Gasteiger partial charge in [0.15, 0.2) is 0 Å². The van der Waals surface area contributed by atoms with Gasteiger partial charge < -0.3 is 21.7 Å². The van der Waals surface area contributed by atoms with Crippen molar-refractivity contribution in [1.82, 2.24) is 0 Å². The fourth-order valence-electron chi connectivity index (χ4n) is 1.19. The maximum atomic E-state index is 9.00. The van der Waals surface area contributed by atoms with Crippen molar-refractivity contribution in [2.45, 2.75) is 51.6 Å². The number of rotatable bonds is 0. The topological polar surface area (TPSA) is 127 Å². The molecular formula is C10H22Cl2N2O4Pt. The van der Waals surface area contributed by atoms with E-state index < -0.39 is 28.4 Å². The normalized spacial score (nSPS) is 20.5. The first-order valence-corrected chi connectivity index (χ1v) is 11.0. The molecule has 2 atom stereocenters. The molecule has 9 heteroatoms. The molecule has 19 heavy (non-hydrogen) atoms. The van der Waals surface area contributed by atoms with Crippen LogP contribution in [0.1, 0.15) is 39.5 Å². The van der Waals surface area contributed by atoms with Crippen LogP contribution in [0.4, 0.5) is 0 Å². The third kappa shape index (κ3) is 38.1. The second-order valence-electron chi connectivity index (χ2n) is 3.70. The van der Waals surface area contributed by atoms with Gasteiger partial charge >= 0.3 is 35.3 Å². The van der Waals surface area contributed by atoms with Gasteiger partial charge in [-0.05, 0) is 12.8 Å². The fourth-order valence-corrected chi connectivity index (χ4v) is 1.19. The van der Waals surface area contributed by atoms with Crippen molar-refractivity contribution in [2.75, 3.05) is 0 Å². The average Bonchev–Trinajstić information content (AvgIpc) is 2.22. The minimum atomic E-state index is -0.833. The summed E-state index contributed by atoms with van der Waals surface area (Å²) >= 11 is -0.472. The third-order valence-electron chi connectivity index (χ3n) is 1.87. The zero-order valence-corrected chi connectivity index (χ0v) is 14.7. The van der Waals surface area contributed by atoms with Crippen LogP contribution in [0.5, 0.6) is 0 Å². The van der Waals surface area contributed by atoms with Gasteiger partial charge in [-0.15, -0.1) is 0 Å². The molecule has 6 nitrogen and oxygen atoms in total. The molecule has 1 fully saturated rings. The first-order valence-electron chi connectivity index (χ1n) is 5.41.